The summed E-state index contributed by atoms with van der Waals surface area (Å²) in [6.07, 6.45) is 3.39. The number of rotatable bonds is 4. The fourth-order valence-corrected chi connectivity index (χ4v) is 4.79. The van der Waals surface area contributed by atoms with E-state index < -0.39 is 5.91 Å². The number of benzene rings is 3. The van der Waals surface area contributed by atoms with E-state index >= 15 is 0 Å². The molecule has 1 aliphatic rings. The average molecular weight is 451 g/mol. The third kappa shape index (κ3) is 4.10. The van der Waals surface area contributed by atoms with E-state index in [-0.39, 0.29) is 11.5 Å². The van der Waals surface area contributed by atoms with E-state index in [0.717, 1.165) is 34.7 Å². The summed E-state index contributed by atoms with van der Waals surface area (Å²) >= 11 is 0. The summed E-state index contributed by atoms with van der Waals surface area (Å²) in [5.41, 5.74) is 15.4. The van der Waals surface area contributed by atoms with E-state index in [4.69, 9.17) is 11.5 Å². The maximum absolute atomic E-state index is 13.3. The normalized spacial score (nSPS) is 14.3. The third-order valence-corrected chi connectivity index (χ3v) is 6.70. The zero-order valence-electron chi connectivity index (χ0n) is 18.8. The Kier molecular flexibility index (Phi) is 5.72. The summed E-state index contributed by atoms with van der Waals surface area (Å²) < 4.78 is 0. The number of piperidine rings is 1. The molecule has 2 amide bonds. The molecule has 1 aromatic heterocycles. The van der Waals surface area contributed by atoms with Crippen LogP contribution in [0.25, 0.3) is 21.9 Å². The second-order valence-corrected chi connectivity index (χ2v) is 8.73. The maximum atomic E-state index is 13.3. The molecule has 1 saturated heterocycles. The van der Waals surface area contributed by atoms with Crippen LogP contribution in [-0.4, -0.2) is 34.8 Å². The van der Waals surface area contributed by atoms with Crippen LogP contribution < -0.4 is 11.5 Å². The van der Waals surface area contributed by atoms with Crippen molar-refractivity contribution in [1.82, 2.24) is 9.88 Å². The number of anilines is 1. The van der Waals surface area contributed by atoms with E-state index in [2.05, 4.69) is 23.2 Å². The lowest BCUT2D eigenvalue weighted by Crippen LogP contribution is -2.38. The van der Waals surface area contributed by atoms with Crippen LogP contribution >= 0.6 is 0 Å². The number of primary amides is 1. The Labute approximate surface area is 198 Å². The number of fused-ring (bicyclic) bond motifs is 1. The molecule has 6 nitrogen and oxygen atoms in total. The minimum atomic E-state index is -0.599. The number of carbonyl (C=O) groups excluding carboxylic acids is 2. The molecule has 0 atom stereocenters. The van der Waals surface area contributed by atoms with Gasteiger partial charge in [0.1, 0.15) is 5.82 Å². The van der Waals surface area contributed by atoms with Gasteiger partial charge >= 0.3 is 0 Å². The quantitative estimate of drug-likeness (QED) is 0.474. The van der Waals surface area contributed by atoms with Gasteiger partial charge in [0.25, 0.3) is 5.91 Å². The molecule has 0 spiro atoms. The monoisotopic (exact) mass is 450 g/mol. The molecule has 0 saturated carbocycles. The molecule has 1 fully saturated rings. The van der Waals surface area contributed by atoms with Crippen LogP contribution in [0.1, 0.15) is 45.0 Å². The lowest BCUT2D eigenvalue weighted by molar-refractivity contribution is 0.0708. The predicted octanol–water partition coefficient (Wildman–Crippen LogP) is 4.60. The Morgan fingerprint density at radius 1 is 0.853 bits per heavy atom. The number of nitrogen functional groups attached to an aromatic ring is 1. The number of carbonyl (C=O) groups is 2. The number of hydrogen-bond donors (Lipinski definition) is 2. The van der Waals surface area contributed by atoms with Crippen molar-refractivity contribution in [3.63, 3.8) is 0 Å². The molecule has 3 aromatic carbocycles. The molecular formula is C28H26N4O2. The lowest BCUT2D eigenvalue weighted by Gasteiger charge is -2.32. The Balaban J connectivity index is 1.34. The van der Waals surface area contributed by atoms with Gasteiger partial charge in [-0.1, -0.05) is 48.5 Å². The van der Waals surface area contributed by atoms with E-state index in [1.165, 1.54) is 5.56 Å². The summed E-state index contributed by atoms with van der Waals surface area (Å²) in [6.45, 7) is 1.23. The molecule has 170 valence electrons. The van der Waals surface area contributed by atoms with Gasteiger partial charge in [0.2, 0.25) is 5.91 Å². The van der Waals surface area contributed by atoms with Gasteiger partial charge in [-0.2, -0.15) is 0 Å². The van der Waals surface area contributed by atoms with E-state index in [1.54, 1.807) is 18.3 Å². The van der Waals surface area contributed by atoms with Gasteiger partial charge in [0.05, 0.1) is 11.1 Å². The van der Waals surface area contributed by atoms with E-state index in [0.29, 0.717) is 30.4 Å². The molecular weight excluding hydrogens is 424 g/mol. The number of amides is 2. The van der Waals surface area contributed by atoms with Gasteiger partial charge < -0.3 is 16.4 Å². The van der Waals surface area contributed by atoms with Crippen LogP contribution in [0.3, 0.4) is 0 Å². The first-order chi connectivity index (χ1) is 16.5. The topological polar surface area (TPSA) is 102 Å². The van der Waals surface area contributed by atoms with Crippen molar-refractivity contribution in [1.29, 1.82) is 0 Å². The van der Waals surface area contributed by atoms with Gasteiger partial charge in [0.15, 0.2) is 0 Å². The highest BCUT2D eigenvalue weighted by Gasteiger charge is 2.27. The fourth-order valence-electron chi connectivity index (χ4n) is 4.79. The minimum absolute atomic E-state index is 0.154. The predicted molar refractivity (Wildman–Crippen MR) is 134 cm³/mol. The highest BCUT2D eigenvalue weighted by Crippen LogP contribution is 2.32. The van der Waals surface area contributed by atoms with E-state index in [1.807, 2.05) is 47.4 Å². The summed E-state index contributed by atoms with van der Waals surface area (Å²) in [4.78, 5) is 31.5. The van der Waals surface area contributed by atoms with Crippen molar-refractivity contribution in [2.24, 2.45) is 5.73 Å². The molecule has 34 heavy (non-hydrogen) atoms. The summed E-state index contributed by atoms with van der Waals surface area (Å²) in [7, 11) is 0. The Hall–Kier alpha value is -4.19. The Morgan fingerprint density at radius 2 is 1.62 bits per heavy atom. The summed E-state index contributed by atoms with van der Waals surface area (Å²) in [5.74, 6) is 0.117. The van der Waals surface area contributed by atoms with E-state index in [9.17, 15) is 9.59 Å². The highest BCUT2D eigenvalue weighted by atomic mass is 16.2. The largest absolute Gasteiger partial charge is 0.383 e. The van der Waals surface area contributed by atoms with Gasteiger partial charge in [-0.05, 0) is 65.1 Å². The second-order valence-electron chi connectivity index (χ2n) is 8.73. The zero-order chi connectivity index (χ0) is 23.7. The number of likely N-dealkylation sites (tertiary alicyclic amines) is 1. The van der Waals surface area contributed by atoms with Crippen LogP contribution in [-0.2, 0) is 0 Å². The second kappa shape index (κ2) is 8.98. The number of pyridine rings is 1. The first-order valence-corrected chi connectivity index (χ1v) is 11.4. The molecule has 1 aliphatic heterocycles. The van der Waals surface area contributed by atoms with Crippen LogP contribution in [0.15, 0.2) is 79.0 Å². The number of hydrogen-bond acceptors (Lipinski definition) is 4. The fraction of sp³-hybridized carbons (Fsp3) is 0.179. The molecule has 0 bridgehead atoms. The maximum Gasteiger partial charge on any atom is 0.254 e. The van der Waals surface area contributed by atoms with Gasteiger partial charge in [0, 0.05) is 24.7 Å². The first kappa shape index (κ1) is 21.6. The van der Waals surface area contributed by atoms with Crippen molar-refractivity contribution >= 4 is 28.4 Å². The van der Waals surface area contributed by atoms with Crippen LogP contribution in [0.4, 0.5) is 5.82 Å². The number of nitrogens with zero attached hydrogens (tertiary/aromatic N) is 2. The van der Waals surface area contributed by atoms with Crippen LogP contribution in [0.5, 0.6) is 0 Å². The summed E-state index contributed by atoms with van der Waals surface area (Å²) in [6, 6.07) is 23.3. The molecule has 4 aromatic rings. The van der Waals surface area contributed by atoms with Gasteiger partial charge in [-0.3, -0.25) is 9.59 Å². The Morgan fingerprint density at radius 3 is 2.35 bits per heavy atom. The molecule has 2 heterocycles. The lowest BCUT2D eigenvalue weighted by atomic mass is 9.88. The Bertz CT molecular complexity index is 1380. The minimum Gasteiger partial charge on any atom is -0.383 e. The number of nitrogens with two attached hydrogens (primary N) is 2. The molecule has 0 radical (unpaired) electrons. The van der Waals surface area contributed by atoms with Crippen molar-refractivity contribution in [3.8, 4) is 11.1 Å². The third-order valence-electron chi connectivity index (χ3n) is 6.70. The molecule has 6 heteroatoms. The molecule has 5 rings (SSSR count). The van der Waals surface area contributed by atoms with Gasteiger partial charge in [-0.15, -0.1) is 0 Å². The zero-order valence-corrected chi connectivity index (χ0v) is 18.8. The highest BCUT2D eigenvalue weighted by molar-refractivity contribution is 6.07. The molecule has 4 N–H and O–H groups in total. The standard InChI is InChI=1S/C28H26N4O2/c29-26-24-16-21(7-6-20(24)10-13-31-26)19-11-14-32(15-12-19)28(34)23-9-8-22(17-25(23)27(30)33)18-4-2-1-3-5-18/h1-10,13,16-17,19H,11-12,14-15H2,(H2,29,31)(H2,30,33). The first-order valence-electron chi connectivity index (χ1n) is 11.4. The summed E-state index contributed by atoms with van der Waals surface area (Å²) in [5, 5.41) is 2.03. The van der Waals surface area contributed by atoms with Crippen molar-refractivity contribution < 1.29 is 9.59 Å². The van der Waals surface area contributed by atoms with Crippen molar-refractivity contribution in [3.05, 3.63) is 95.7 Å². The van der Waals surface area contributed by atoms with Gasteiger partial charge in [-0.25, -0.2) is 4.98 Å². The van der Waals surface area contributed by atoms with Crippen LogP contribution in [0, 0.1) is 0 Å². The van der Waals surface area contributed by atoms with Crippen molar-refractivity contribution in [2.45, 2.75) is 18.8 Å². The smallest absolute Gasteiger partial charge is 0.254 e. The molecule has 0 aliphatic carbocycles. The number of aromatic nitrogens is 1. The van der Waals surface area contributed by atoms with Crippen LogP contribution in [0.2, 0.25) is 0 Å². The van der Waals surface area contributed by atoms with Crippen molar-refractivity contribution in [2.75, 3.05) is 18.8 Å². The molecule has 0 unspecified atom stereocenters. The SMILES string of the molecule is NC(=O)c1cc(-c2ccccc2)ccc1C(=O)N1CCC(c2ccc3ccnc(N)c3c2)CC1. The average Bonchev–Trinajstić information content (AvgIpc) is 2.88.